The monoisotopic (exact) mass is 326 g/mol. The minimum Gasteiger partial charge on any atom is -0.508 e. The first-order valence-corrected chi connectivity index (χ1v) is 8.30. The fourth-order valence-corrected chi connectivity index (χ4v) is 3.01. The molecule has 0 spiro atoms. The van der Waals surface area contributed by atoms with Crippen LogP contribution in [-0.2, 0) is 11.2 Å². The van der Waals surface area contributed by atoms with Crippen LogP contribution in [0, 0.1) is 5.92 Å². The van der Waals surface area contributed by atoms with Gasteiger partial charge in [0.25, 0.3) is 0 Å². The SMILES string of the molecule is O=C(NCCc1cccc(O)c1)[C@@H]1CCCN(c2ncccn2)C1. The Labute approximate surface area is 141 Å². The van der Waals surface area contributed by atoms with Crippen molar-refractivity contribution in [3.05, 3.63) is 48.3 Å². The van der Waals surface area contributed by atoms with E-state index in [4.69, 9.17) is 0 Å². The van der Waals surface area contributed by atoms with Gasteiger partial charge in [0.1, 0.15) is 5.75 Å². The Morgan fingerprint density at radius 2 is 2.12 bits per heavy atom. The number of nitrogens with one attached hydrogen (secondary N) is 1. The molecule has 0 radical (unpaired) electrons. The van der Waals surface area contributed by atoms with Gasteiger partial charge in [-0.2, -0.15) is 0 Å². The Hall–Kier alpha value is -2.63. The van der Waals surface area contributed by atoms with Gasteiger partial charge in [-0.25, -0.2) is 9.97 Å². The van der Waals surface area contributed by atoms with E-state index in [2.05, 4.69) is 20.2 Å². The summed E-state index contributed by atoms with van der Waals surface area (Å²) in [7, 11) is 0. The van der Waals surface area contributed by atoms with Crippen molar-refractivity contribution in [3.63, 3.8) is 0 Å². The highest BCUT2D eigenvalue weighted by molar-refractivity contribution is 5.79. The summed E-state index contributed by atoms with van der Waals surface area (Å²) in [5.41, 5.74) is 1.01. The van der Waals surface area contributed by atoms with Crippen LogP contribution < -0.4 is 10.2 Å². The van der Waals surface area contributed by atoms with Crippen LogP contribution in [-0.4, -0.2) is 40.6 Å². The summed E-state index contributed by atoms with van der Waals surface area (Å²) in [6.07, 6.45) is 6.01. The number of nitrogens with zero attached hydrogens (tertiary/aromatic N) is 3. The second-order valence-corrected chi connectivity index (χ2v) is 6.04. The first-order chi connectivity index (χ1) is 11.7. The maximum atomic E-state index is 12.4. The van der Waals surface area contributed by atoms with Crippen molar-refractivity contribution in [2.24, 2.45) is 5.92 Å². The van der Waals surface area contributed by atoms with Crippen molar-refractivity contribution >= 4 is 11.9 Å². The van der Waals surface area contributed by atoms with E-state index in [0.717, 1.165) is 24.9 Å². The number of hydrogen-bond donors (Lipinski definition) is 2. The number of carbonyl (C=O) groups is 1. The molecule has 1 aromatic heterocycles. The standard InChI is InChI=1S/C18H22N4O2/c23-16-6-1-4-14(12-16)7-10-19-17(24)15-5-2-11-22(13-15)18-20-8-3-9-21-18/h1,3-4,6,8-9,12,15,23H,2,5,7,10-11,13H2,(H,19,24)/t15-/m1/s1. The molecule has 0 saturated carbocycles. The minimum atomic E-state index is -0.0354. The summed E-state index contributed by atoms with van der Waals surface area (Å²) < 4.78 is 0. The van der Waals surface area contributed by atoms with Gasteiger partial charge in [0.05, 0.1) is 5.92 Å². The van der Waals surface area contributed by atoms with Gasteiger partial charge in [0.15, 0.2) is 0 Å². The Morgan fingerprint density at radius 3 is 2.92 bits per heavy atom. The zero-order chi connectivity index (χ0) is 16.8. The molecule has 6 nitrogen and oxygen atoms in total. The van der Waals surface area contributed by atoms with Crippen LogP contribution in [0.1, 0.15) is 18.4 Å². The summed E-state index contributed by atoms with van der Waals surface area (Å²) in [5.74, 6) is 0.988. The van der Waals surface area contributed by atoms with Gasteiger partial charge in [-0.15, -0.1) is 0 Å². The fourth-order valence-electron chi connectivity index (χ4n) is 3.01. The second-order valence-electron chi connectivity index (χ2n) is 6.04. The lowest BCUT2D eigenvalue weighted by atomic mass is 9.97. The number of hydrogen-bond acceptors (Lipinski definition) is 5. The molecule has 0 unspecified atom stereocenters. The van der Waals surface area contributed by atoms with Crippen LogP contribution in [0.2, 0.25) is 0 Å². The third kappa shape index (κ3) is 4.22. The lowest BCUT2D eigenvalue weighted by Crippen LogP contribution is -2.44. The van der Waals surface area contributed by atoms with Crippen molar-refractivity contribution in [1.29, 1.82) is 0 Å². The van der Waals surface area contributed by atoms with Gasteiger partial charge in [0, 0.05) is 32.0 Å². The van der Waals surface area contributed by atoms with Crippen molar-refractivity contribution in [2.45, 2.75) is 19.3 Å². The minimum absolute atomic E-state index is 0.0354. The van der Waals surface area contributed by atoms with E-state index in [1.54, 1.807) is 30.6 Å². The molecule has 2 N–H and O–H groups in total. The van der Waals surface area contributed by atoms with Gasteiger partial charge >= 0.3 is 0 Å². The topological polar surface area (TPSA) is 78.4 Å². The Bertz CT molecular complexity index is 678. The van der Waals surface area contributed by atoms with E-state index >= 15 is 0 Å². The zero-order valence-electron chi connectivity index (χ0n) is 13.6. The maximum absolute atomic E-state index is 12.4. The molecule has 1 fully saturated rings. The predicted molar refractivity (Wildman–Crippen MR) is 91.8 cm³/mol. The molecule has 2 heterocycles. The molecule has 0 aliphatic carbocycles. The van der Waals surface area contributed by atoms with Crippen LogP contribution in [0.4, 0.5) is 5.95 Å². The molecule has 6 heteroatoms. The van der Waals surface area contributed by atoms with Crippen molar-refractivity contribution in [1.82, 2.24) is 15.3 Å². The molecule has 126 valence electrons. The van der Waals surface area contributed by atoms with Gasteiger partial charge < -0.3 is 15.3 Å². The second kappa shape index (κ2) is 7.77. The number of phenols is 1. The lowest BCUT2D eigenvalue weighted by molar-refractivity contribution is -0.125. The van der Waals surface area contributed by atoms with Crippen molar-refractivity contribution in [2.75, 3.05) is 24.5 Å². The molecule has 1 aliphatic rings. The Kier molecular flexibility index (Phi) is 5.25. The van der Waals surface area contributed by atoms with Crippen LogP contribution in [0.15, 0.2) is 42.7 Å². The van der Waals surface area contributed by atoms with E-state index < -0.39 is 0 Å². The zero-order valence-corrected chi connectivity index (χ0v) is 13.6. The molecule has 1 atom stereocenters. The maximum Gasteiger partial charge on any atom is 0.225 e. The highest BCUT2D eigenvalue weighted by atomic mass is 16.3. The van der Waals surface area contributed by atoms with E-state index in [0.29, 0.717) is 25.5 Å². The highest BCUT2D eigenvalue weighted by Gasteiger charge is 2.26. The van der Waals surface area contributed by atoms with Crippen LogP contribution in [0.3, 0.4) is 0 Å². The van der Waals surface area contributed by atoms with Gasteiger partial charge in [0.2, 0.25) is 11.9 Å². The molecule has 1 saturated heterocycles. The Balaban J connectivity index is 1.49. The third-order valence-corrected chi connectivity index (χ3v) is 4.25. The van der Waals surface area contributed by atoms with E-state index in [-0.39, 0.29) is 17.6 Å². The largest absolute Gasteiger partial charge is 0.508 e. The summed E-state index contributed by atoms with van der Waals surface area (Å²) in [4.78, 5) is 23.0. The summed E-state index contributed by atoms with van der Waals surface area (Å²) >= 11 is 0. The molecular formula is C18H22N4O2. The first-order valence-electron chi connectivity index (χ1n) is 8.30. The number of phenolic OH excluding ortho intramolecular Hbond substituents is 1. The number of anilines is 1. The molecule has 0 bridgehead atoms. The predicted octanol–water partition coefficient (Wildman–Crippen LogP) is 1.76. The number of aromatic nitrogens is 2. The third-order valence-electron chi connectivity index (χ3n) is 4.25. The molecule has 3 rings (SSSR count). The van der Waals surface area contributed by atoms with Crippen molar-refractivity contribution in [3.8, 4) is 5.75 Å². The number of carbonyl (C=O) groups excluding carboxylic acids is 1. The van der Waals surface area contributed by atoms with E-state index in [1.165, 1.54) is 0 Å². The number of aromatic hydroxyl groups is 1. The number of benzene rings is 1. The molecule has 1 aromatic carbocycles. The van der Waals surface area contributed by atoms with Gasteiger partial charge in [-0.1, -0.05) is 12.1 Å². The van der Waals surface area contributed by atoms with Crippen molar-refractivity contribution < 1.29 is 9.90 Å². The average molecular weight is 326 g/mol. The Morgan fingerprint density at radius 1 is 1.29 bits per heavy atom. The van der Waals surface area contributed by atoms with Crippen LogP contribution in [0.5, 0.6) is 5.75 Å². The summed E-state index contributed by atoms with van der Waals surface area (Å²) in [6.45, 7) is 2.11. The normalized spacial score (nSPS) is 17.5. The van der Waals surface area contributed by atoms with Gasteiger partial charge in [-0.3, -0.25) is 4.79 Å². The molecule has 2 aromatic rings. The van der Waals surface area contributed by atoms with Crippen LogP contribution in [0.25, 0.3) is 0 Å². The van der Waals surface area contributed by atoms with Crippen LogP contribution >= 0.6 is 0 Å². The van der Waals surface area contributed by atoms with E-state index in [9.17, 15) is 9.90 Å². The summed E-state index contributed by atoms with van der Waals surface area (Å²) in [6, 6.07) is 8.91. The van der Waals surface area contributed by atoms with Gasteiger partial charge in [-0.05, 0) is 43.0 Å². The number of amides is 1. The smallest absolute Gasteiger partial charge is 0.225 e. The molecule has 24 heavy (non-hydrogen) atoms. The quantitative estimate of drug-likeness (QED) is 0.875. The molecular weight excluding hydrogens is 304 g/mol. The fraction of sp³-hybridized carbons (Fsp3) is 0.389. The number of piperidine rings is 1. The summed E-state index contributed by atoms with van der Waals surface area (Å²) in [5, 5.41) is 12.5. The molecule has 1 amide bonds. The number of rotatable bonds is 5. The lowest BCUT2D eigenvalue weighted by Gasteiger charge is -2.31. The molecule has 1 aliphatic heterocycles. The average Bonchev–Trinajstić information content (AvgIpc) is 2.62. The van der Waals surface area contributed by atoms with E-state index in [1.807, 2.05) is 12.1 Å². The highest BCUT2D eigenvalue weighted by Crippen LogP contribution is 2.20. The first kappa shape index (κ1) is 16.2.